The molecule has 0 bridgehead atoms. The third kappa shape index (κ3) is 5.22. The third-order valence-corrected chi connectivity index (χ3v) is 23.3. The van der Waals surface area contributed by atoms with Crippen molar-refractivity contribution in [3.8, 4) is 45.3 Å². The summed E-state index contributed by atoms with van der Waals surface area (Å²) in [5.41, 5.74) is 12.4. The summed E-state index contributed by atoms with van der Waals surface area (Å²) in [6.45, 7) is 0. The summed E-state index contributed by atoms with van der Waals surface area (Å²) in [5.74, 6) is 0.739. The molecule has 4 heterocycles. The molecule has 12 aromatic rings. The summed E-state index contributed by atoms with van der Waals surface area (Å²) >= 11 is -3.94. The van der Waals surface area contributed by atoms with E-state index in [0.29, 0.717) is 0 Å². The zero-order chi connectivity index (χ0) is 41.5. The van der Waals surface area contributed by atoms with Crippen molar-refractivity contribution in [3.05, 3.63) is 231 Å². The van der Waals surface area contributed by atoms with Gasteiger partial charge in [-0.15, -0.1) is 0 Å². The van der Waals surface area contributed by atoms with Crippen LogP contribution in [0.2, 0.25) is 0 Å². The maximum atomic E-state index is 5.61. The average Bonchev–Trinajstić information content (AvgIpc) is 3.99. The standard InChI is InChI=1S/C58H38GeN4/c1-6-20-39(21-7-1)55-54-56(61-58(60-55)40-22-8-2-9-23-40)47-35-34-44(38-49(47)59(54,41-24-10-3-11-25-41)42-26-12-4-13-27-42)62-51-33-19-17-31-48(51)53-52(62)37-36-46-45-30-16-18-32-50(45)63(57(46)53)43-28-14-5-15-29-43/h1-38H. The van der Waals surface area contributed by atoms with Gasteiger partial charge in [0.15, 0.2) is 0 Å². The molecule has 0 N–H and O–H groups in total. The molecule has 294 valence electrons. The second-order valence-corrected chi connectivity index (χ2v) is 24.2. The monoisotopic (exact) mass is 864 g/mol. The number of benzene rings is 9. The molecule has 0 fully saturated rings. The minimum absolute atomic E-state index is 0.739. The van der Waals surface area contributed by atoms with Gasteiger partial charge in [0, 0.05) is 0 Å². The average molecular weight is 864 g/mol. The van der Waals surface area contributed by atoms with Gasteiger partial charge in [-0.1, -0.05) is 0 Å². The Balaban J connectivity index is 1.16. The van der Waals surface area contributed by atoms with Crippen LogP contribution in [0.5, 0.6) is 0 Å². The number of fused-ring (bicyclic) bond motifs is 10. The molecule has 13 rings (SSSR count). The summed E-state index contributed by atoms with van der Waals surface area (Å²) in [4.78, 5) is 11.2. The van der Waals surface area contributed by atoms with Crippen LogP contribution in [0.1, 0.15) is 0 Å². The Kier molecular flexibility index (Phi) is 8.05. The van der Waals surface area contributed by atoms with Gasteiger partial charge in [-0.2, -0.15) is 0 Å². The molecule has 0 saturated heterocycles. The van der Waals surface area contributed by atoms with E-state index in [1.54, 1.807) is 0 Å². The molecule has 0 saturated carbocycles. The Bertz CT molecular complexity index is 3670. The maximum absolute atomic E-state index is 5.61. The third-order valence-electron chi connectivity index (χ3n) is 13.2. The summed E-state index contributed by atoms with van der Waals surface area (Å²) in [6, 6.07) is 84.2. The Hall–Kier alpha value is -7.80. The molecular weight excluding hydrogens is 825 g/mol. The molecule has 1 aliphatic heterocycles. The summed E-state index contributed by atoms with van der Waals surface area (Å²) < 4.78 is 10.3. The molecule has 0 amide bonds. The van der Waals surface area contributed by atoms with Crippen LogP contribution in [0, 0.1) is 0 Å². The van der Waals surface area contributed by atoms with Crippen LogP contribution in [-0.4, -0.2) is 32.4 Å². The first-order chi connectivity index (χ1) is 31.3. The van der Waals surface area contributed by atoms with Gasteiger partial charge < -0.3 is 0 Å². The molecule has 0 atom stereocenters. The Morgan fingerprint density at radius 2 is 0.905 bits per heavy atom. The van der Waals surface area contributed by atoms with Gasteiger partial charge in [0.1, 0.15) is 0 Å². The number of para-hydroxylation sites is 3. The van der Waals surface area contributed by atoms with Crippen LogP contribution in [0.3, 0.4) is 0 Å². The van der Waals surface area contributed by atoms with Gasteiger partial charge in [-0.25, -0.2) is 0 Å². The Morgan fingerprint density at radius 1 is 0.365 bits per heavy atom. The first-order valence-corrected chi connectivity index (χ1v) is 25.8. The van der Waals surface area contributed by atoms with E-state index in [0.717, 1.165) is 39.7 Å². The first kappa shape index (κ1) is 35.9. The van der Waals surface area contributed by atoms with Crippen molar-refractivity contribution >= 4 is 74.5 Å². The Labute approximate surface area is 367 Å². The fourth-order valence-corrected chi connectivity index (χ4v) is 21.7. The second kappa shape index (κ2) is 14.1. The van der Waals surface area contributed by atoms with E-state index in [1.807, 2.05) is 0 Å². The van der Waals surface area contributed by atoms with Crippen LogP contribution in [0.4, 0.5) is 0 Å². The number of nitrogens with zero attached hydrogens (tertiary/aromatic N) is 4. The molecule has 3 aromatic heterocycles. The molecule has 4 nitrogen and oxygen atoms in total. The van der Waals surface area contributed by atoms with Gasteiger partial charge in [-0.3, -0.25) is 0 Å². The zero-order valence-electron chi connectivity index (χ0n) is 34.2. The van der Waals surface area contributed by atoms with Crippen molar-refractivity contribution in [3.63, 3.8) is 0 Å². The van der Waals surface area contributed by atoms with Crippen LogP contribution in [-0.2, 0) is 0 Å². The molecule has 1 aliphatic rings. The molecule has 0 unspecified atom stereocenters. The van der Waals surface area contributed by atoms with Gasteiger partial charge in [-0.05, 0) is 0 Å². The topological polar surface area (TPSA) is 35.6 Å². The number of rotatable bonds is 6. The SMILES string of the molecule is c1ccc(-c2nc(-c3ccccc3)[c]3c(n2)-c2ccc(-n4c5ccccc5c5c4ccc4c6ccccc6n(-c6ccccc6)c45)c[c]2[Ge]3([c]2ccccc2)[c]2ccccc2)cc1. The summed E-state index contributed by atoms with van der Waals surface area (Å²) in [6.07, 6.45) is 0. The van der Waals surface area contributed by atoms with Crippen molar-refractivity contribution in [1.82, 2.24) is 19.1 Å². The van der Waals surface area contributed by atoms with Gasteiger partial charge in [0.25, 0.3) is 0 Å². The van der Waals surface area contributed by atoms with E-state index < -0.39 is 13.3 Å². The van der Waals surface area contributed by atoms with Crippen molar-refractivity contribution in [1.29, 1.82) is 0 Å². The summed E-state index contributed by atoms with van der Waals surface area (Å²) in [5, 5.41) is 4.97. The van der Waals surface area contributed by atoms with E-state index in [9.17, 15) is 0 Å². The fraction of sp³-hybridized carbons (Fsp3) is 0. The van der Waals surface area contributed by atoms with Crippen molar-refractivity contribution in [2.45, 2.75) is 0 Å². The molecule has 0 radical (unpaired) electrons. The van der Waals surface area contributed by atoms with Crippen LogP contribution in [0.15, 0.2) is 231 Å². The van der Waals surface area contributed by atoms with E-state index in [-0.39, 0.29) is 0 Å². The van der Waals surface area contributed by atoms with E-state index in [4.69, 9.17) is 9.97 Å². The van der Waals surface area contributed by atoms with Crippen LogP contribution in [0.25, 0.3) is 88.9 Å². The van der Waals surface area contributed by atoms with Crippen molar-refractivity contribution in [2.75, 3.05) is 0 Å². The van der Waals surface area contributed by atoms with Gasteiger partial charge in [0.2, 0.25) is 0 Å². The van der Waals surface area contributed by atoms with Gasteiger partial charge >= 0.3 is 369 Å². The predicted molar refractivity (Wildman–Crippen MR) is 264 cm³/mol. The van der Waals surface area contributed by atoms with E-state index >= 15 is 0 Å². The Morgan fingerprint density at radius 3 is 1.57 bits per heavy atom. The first-order valence-electron chi connectivity index (χ1n) is 21.6. The summed E-state index contributed by atoms with van der Waals surface area (Å²) in [7, 11) is 0. The minimum atomic E-state index is -3.94. The molecule has 0 spiro atoms. The molecule has 0 aliphatic carbocycles. The molecular formula is C58H38GeN4. The number of hydrogen-bond acceptors (Lipinski definition) is 2. The van der Waals surface area contributed by atoms with Crippen LogP contribution < -0.4 is 17.6 Å². The number of hydrogen-bond donors (Lipinski definition) is 0. The normalized spacial score (nSPS) is 12.9. The second-order valence-electron chi connectivity index (χ2n) is 16.5. The van der Waals surface area contributed by atoms with Gasteiger partial charge in [0.05, 0.1) is 0 Å². The zero-order valence-corrected chi connectivity index (χ0v) is 36.3. The fourth-order valence-electron chi connectivity index (χ4n) is 10.6. The van der Waals surface area contributed by atoms with E-state index in [2.05, 4.69) is 240 Å². The molecule has 63 heavy (non-hydrogen) atoms. The van der Waals surface area contributed by atoms with Crippen LogP contribution >= 0.6 is 0 Å². The van der Waals surface area contributed by atoms with Crippen molar-refractivity contribution in [2.24, 2.45) is 0 Å². The molecule has 5 heteroatoms. The predicted octanol–water partition coefficient (Wildman–Crippen LogP) is 11.4. The van der Waals surface area contributed by atoms with Crippen molar-refractivity contribution < 1.29 is 0 Å². The quantitative estimate of drug-likeness (QED) is 0.156. The van der Waals surface area contributed by atoms with E-state index in [1.165, 1.54) is 66.8 Å². The number of aromatic nitrogens is 4. The molecule has 9 aromatic carbocycles.